The van der Waals surface area contributed by atoms with Gasteiger partial charge in [0, 0.05) is 5.69 Å². The van der Waals surface area contributed by atoms with Gasteiger partial charge in [0.25, 0.3) is 11.7 Å². The van der Waals surface area contributed by atoms with Crippen LogP contribution in [0.25, 0.3) is 5.76 Å². The van der Waals surface area contributed by atoms with E-state index in [1.807, 2.05) is 32.0 Å². The Balaban J connectivity index is 1.98. The van der Waals surface area contributed by atoms with Crippen molar-refractivity contribution in [2.45, 2.75) is 19.9 Å². The summed E-state index contributed by atoms with van der Waals surface area (Å²) in [5.74, 6) is -0.676. The van der Waals surface area contributed by atoms with Crippen molar-refractivity contribution in [2.24, 2.45) is 0 Å². The van der Waals surface area contributed by atoms with Gasteiger partial charge in [0.15, 0.2) is 0 Å². The van der Waals surface area contributed by atoms with Gasteiger partial charge in [-0.3, -0.25) is 14.5 Å². The Labute approximate surface area is 192 Å². The number of methoxy groups -OCH3 is 2. The molecule has 4 rings (SSSR count). The van der Waals surface area contributed by atoms with Crippen LogP contribution in [0.3, 0.4) is 0 Å². The van der Waals surface area contributed by atoms with E-state index in [4.69, 9.17) is 9.47 Å². The standard InChI is InChI=1S/C27H25NO5/c1-16-9-14-21(17(2)15-16)28-24(18-10-12-19(32-3)13-11-18)23(26(30)27(28)31)25(29)20-7-5-6-8-22(20)33-4/h5-15,24,29H,1-4H3/b25-23+. The molecule has 1 amide bonds. The van der Waals surface area contributed by atoms with Crippen molar-refractivity contribution in [3.05, 3.63) is 94.6 Å². The summed E-state index contributed by atoms with van der Waals surface area (Å²) in [5.41, 5.74) is 3.54. The van der Waals surface area contributed by atoms with Crippen LogP contribution in [0.1, 0.15) is 28.3 Å². The highest BCUT2D eigenvalue weighted by molar-refractivity contribution is 6.51. The van der Waals surface area contributed by atoms with Crippen molar-refractivity contribution in [3.8, 4) is 11.5 Å². The number of para-hydroxylation sites is 1. The highest BCUT2D eigenvalue weighted by Gasteiger charge is 2.47. The molecule has 1 N–H and O–H groups in total. The van der Waals surface area contributed by atoms with Gasteiger partial charge in [-0.05, 0) is 55.3 Å². The molecule has 168 valence electrons. The highest BCUT2D eigenvalue weighted by Crippen LogP contribution is 2.44. The van der Waals surface area contributed by atoms with Crippen molar-refractivity contribution >= 4 is 23.1 Å². The van der Waals surface area contributed by atoms with Crippen LogP contribution in [0.4, 0.5) is 5.69 Å². The number of Topliss-reactive ketones (excluding diaryl/α,β-unsaturated/α-hetero) is 1. The molecule has 33 heavy (non-hydrogen) atoms. The van der Waals surface area contributed by atoms with Crippen LogP contribution in [0.15, 0.2) is 72.3 Å². The minimum Gasteiger partial charge on any atom is -0.507 e. The molecule has 0 radical (unpaired) electrons. The Morgan fingerprint density at radius 2 is 1.61 bits per heavy atom. The molecule has 1 saturated heterocycles. The molecular formula is C27H25NO5. The number of ketones is 1. The van der Waals surface area contributed by atoms with E-state index in [2.05, 4.69) is 0 Å². The lowest BCUT2D eigenvalue weighted by molar-refractivity contribution is -0.132. The number of aliphatic hydroxyl groups is 1. The maximum Gasteiger partial charge on any atom is 0.300 e. The van der Waals surface area contributed by atoms with Crippen LogP contribution in [0, 0.1) is 13.8 Å². The summed E-state index contributed by atoms with van der Waals surface area (Å²) in [7, 11) is 3.06. The van der Waals surface area contributed by atoms with Gasteiger partial charge < -0.3 is 14.6 Å². The quantitative estimate of drug-likeness (QED) is 0.343. The first-order chi connectivity index (χ1) is 15.9. The van der Waals surface area contributed by atoms with Crippen LogP contribution < -0.4 is 14.4 Å². The topological polar surface area (TPSA) is 76.1 Å². The van der Waals surface area contributed by atoms with E-state index >= 15 is 0 Å². The van der Waals surface area contributed by atoms with Crippen LogP contribution >= 0.6 is 0 Å². The molecule has 1 fully saturated rings. The number of nitrogens with zero attached hydrogens (tertiary/aromatic N) is 1. The number of benzene rings is 3. The first kappa shape index (κ1) is 22.1. The zero-order chi connectivity index (χ0) is 23.7. The van der Waals surface area contributed by atoms with Gasteiger partial charge in [0.05, 0.1) is 31.4 Å². The lowest BCUT2D eigenvalue weighted by Crippen LogP contribution is -2.30. The number of hydrogen-bond acceptors (Lipinski definition) is 5. The van der Waals surface area contributed by atoms with Crippen molar-refractivity contribution < 1.29 is 24.2 Å². The normalized spacial score (nSPS) is 17.3. The molecule has 1 aliphatic heterocycles. The number of amides is 1. The first-order valence-electron chi connectivity index (χ1n) is 10.5. The van der Waals surface area contributed by atoms with Gasteiger partial charge in [-0.15, -0.1) is 0 Å². The van der Waals surface area contributed by atoms with E-state index in [1.165, 1.54) is 12.0 Å². The Bertz CT molecular complexity index is 1260. The SMILES string of the molecule is COc1ccc(C2/C(=C(\O)c3ccccc3OC)C(=O)C(=O)N2c2ccc(C)cc2C)cc1. The molecule has 3 aromatic rings. The summed E-state index contributed by atoms with van der Waals surface area (Å²) in [6.07, 6.45) is 0. The second-order valence-corrected chi connectivity index (χ2v) is 7.93. The number of ether oxygens (including phenoxy) is 2. The maximum absolute atomic E-state index is 13.3. The summed E-state index contributed by atoms with van der Waals surface area (Å²) in [6, 6.07) is 18.8. The minimum absolute atomic E-state index is 0.00893. The summed E-state index contributed by atoms with van der Waals surface area (Å²) in [4.78, 5) is 28.1. The van der Waals surface area contributed by atoms with Gasteiger partial charge in [-0.25, -0.2) is 0 Å². The zero-order valence-corrected chi connectivity index (χ0v) is 19.0. The van der Waals surface area contributed by atoms with E-state index < -0.39 is 17.7 Å². The van der Waals surface area contributed by atoms with Crippen LogP contribution in [-0.4, -0.2) is 31.0 Å². The molecule has 0 saturated carbocycles. The average Bonchev–Trinajstić information content (AvgIpc) is 3.09. The number of carbonyl (C=O) groups excluding carboxylic acids is 2. The Morgan fingerprint density at radius 1 is 0.909 bits per heavy atom. The first-order valence-corrected chi connectivity index (χ1v) is 10.5. The maximum atomic E-state index is 13.3. The van der Waals surface area contributed by atoms with Crippen LogP contribution in [-0.2, 0) is 9.59 Å². The fraction of sp³-hybridized carbons (Fsp3) is 0.185. The molecule has 1 heterocycles. The second-order valence-electron chi connectivity index (χ2n) is 7.93. The van der Waals surface area contributed by atoms with Gasteiger partial charge >= 0.3 is 0 Å². The number of rotatable bonds is 5. The van der Waals surface area contributed by atoms with E-state index in [0.717, 1.165) is 11.1 Å². The molecule has 0 aromatic heterocycles. The Kier molecular flexibility index (Phi) is 5.92. The third-order valence-electron chi connectivity index (χ3n) is 5.85. The van der Waals surface area contributed by atoms with E-state index in [9.17, 15) is 14.7 Å². The van der Waals surface area contributed by atoms with Gasteiger partial charge in [-0.1, -0.05) is 42.0 Å². The van der Waals surface area contributed by atoms with Crippen LogP contribution in [0.5, 0.6) is 11.5 Å². The molecule has 1 unspecified atom stereocenters. The summed E-state index contributed by atoms with van der Waals surface area (Å²) in [6.45, 7) is 3.86. The molecular weight excluding hydrogens is 418 g/mol. The predicted octanol–water partition coefficient (Wildman–Crippen LogP) is 4.95. The smallest absolute Gasteiger partial charge is 0.300 e. The molecule has 1 aliphatic rings. The molecule has 0 bridgehead atoms. The summed E-state index contributed by atoms with van der Waals surface area (Å²) >= 11 is 0. The minimum atomic E-state index is -0.817. The Hall–Kier alpha value is -4.06. The van der Waals surface area contributed by atoms with Gasteiger partial charge in [0.2, 0.25) is 0 Å². The van der Waals surface area contributed by atoms with Crippen molar-refractivity contribution in [2.75, 3.05) is 19.1 Å². The van der Waals surface area contributed by atoms with E-state index in [1.54, 1.807) is 55.6 Å². The second kappa shape index (κ2) is 8.82. The monoisotopic (exact) mass is 443 g/mol. The fourth-order valence-corrected chi connectivity index (χ4v) is 4.24. The molecule has 6 heteroatoms. The summed E-state index contributed by atoms with van der Waals surface area (Å²) < 4.78 is 10.6. The molecule has 3 aromatic carbocycles. The van der Waals surface area contributed by atoms with Crippen LogP contribution in [0.2, 0.25) is 0 Å². The number of anilines is 1. The number of hydrogen-bond donors (Lipinski definition) is 1. The lowest BCUT2D eigenvalue weighted by Gasteiger charge is -2.27. The van der Waals surface area contributed by atoms with E-state index in [0.29, 0.717) is 28.3 Å². The number of aliphatic hydroxyl groups excluding tert-OH is 1. The highest BCUT2D eigenvalue weighted by atomic mass is 16.5. The largest absolute Gasteiger partial charge is 0.507 e. The van der Waals surface area contributed by atoms with Crippen molar-refractivity contribution in [1.29, 1.82) is 0 Å². The fourth-order valence-electron chi connectivity index (χ4n) is 4.24. The third kappa shape index (κ3) is 3.84. The molecule has 0 spiro atoms. The predicted molar refractivity (Wildman–Crippen MR) is 127 cm³/mol. The number of carbonyl (C=O) groups is 2. The average molecular weight is 443 g/mol. The van der Waals surface area contributed by atoms with Gasteiger partial charge in [0.1, 0.15) is 17.3 Å². The summed E-state index contributed by atoms with van der Waals surface area (Å²) in [5, 5.41) is 11.3. The lowest BCUT2D eigenvalue weighted by atomic mass is 9.94. The van der Waals surface area contributed by atoms with Crippen molar-refractivity contribution in [1.82, 2.24) is 0 Å². The molecule has 0 aliphatic carbocycles. The third-order valence-corrected chi connectivity index (χ3v) is 5.85. The van der Waals surface area contributed by atoms with Gasteiger partial charge in [-0.2, -0.15) is 0 Å². The number of aryl methyl sites for hydroxylation is 2. The zero-order valence-electron chi connectivity index (χ0n) is 19.0. The molecule has 1 atom stereocenters. The molecule has 6 nitrogen and oxygen atoms in total. The Morgan fingerprint density at radius 3 is 2.24 bits per heavy atom. The van der Waals surface area contributed by atoms with E-state index in [-0.39, 0.29) is 11.3 Å². The van der Waals surface area contributed by atoms with Crippen molar-refractivity contribution in [3.63, 3.8) is 0 Å².